The van der Waals surface area contributed by atoms with Gasteiger partial charge in [0.2, 0.25) is 0 Å². The van der Waals surface area contributed by atoms with Gasteiger partial charge in [-0.3, -0.25) is 0 Å². The number of unbranched alkanes of at least 4 members (excludes halogenated alkanes) is 16. The summed E-state index contributed by atoms with van der Waals surface area (Å²) >= 11 is 4.47. The second-order valence-electron chi connectivity index (χ2n) is 10.9. The SMILES string of the molecule is CCCCCCCCCCCC[Si]1(CCCS)OCCC(CCCCCCCCCC)CNO1. The van der Waals surface area contributed by atoms with Crippen molar-refractivity contribution in [2.75, 3.05) is 18.9 Å². The quantitative estimate of drug-likeness (QED) is 0.0806. The molecule has 0 radical (unpaired) electrons. The molecule has 3 nitrogen and oxygen atoms in total. The summed E-state index contributed by atoms with van der Waals surface area (Å²) in [6.45, 7) is 6.50. The fourth-order valence-corrected chi connectivity index (χ4v) is 8.85. The van der Waals surface area contributed by atoms with E-state index in [0.717, 1.165) is 37.4 Å². The summed E-state index contributed by atoms with van der Waals surface area (Å²) in [6, 6.07) is 2.23. The largest absolute Gasteiger partial charge is 0.393 e. The van der Waals surface area contributed by atoms with Gasteiger partial charge in [-0.05, 0) is 43.0 Å². The Morgan fingerprint density at radius 2 is 1.18 bits per heavy atom. The predicted molar refractivity (Wildman–Crippen MR) is 156 cm³/mol. The second kappa shape index (κ2) is 23.8. The maximum atomic E-state index is 6.59. The van der Waals surface area contributed by atoms with Crippen LogP contribution in [0.5, 0.6) is 0 Å². The van der Waals surface area contributed by atoms with Crippen LogP contribution in [0, 0.1) is 5.92 Å². The molecule has 1 saturated heterocycles. The minimum absolute atomic E-state index is 0.703. The second-order valence-corrected chi connectivity index (χ2v) is 14.6. The van der Waals surface area contributed by atoms with Crippen molar-refractivity contribution in [1.82, 2.24) is 5.48 Å². The molecule has 0 aromatic heterocycles. The maximum Gasteiger partial charge on any atom is 0.358 e. The van der Waals surface area contributed by atoms with Gasteiger partial charge in [0, 0.05) is 13.2 Å². The van der Waals surface area contributed by atoms with Gasteiger partial charge in [-0.25, -0.2) is 5.48 Å². The van der Waals surface area contributed by atoms with E-state index in [1.807, 2.05) is 0 Å². The van der Waals surface area contributed by atoms with Crippen LogP contribution in [-0.2, 0) is 8.95 Å². The molecule has 1 N–H and O–H groups in total. The monoisotopic (exact) mass is 515 g/mol. The molecular formula is C29H61NO2SSi. The van der Waals surface area contributed by atoms with Crippen LogP contribution in [0.3, 0.4) is 0 Å². The zero-order chi connectivity index (χ0) is 24.6. The molecule has 1 heterocycles. The smallest absolute Gasteiger partial charge is 0.358 e. The highest BCUT2D eigenvalue weighted by Gasteiger charge is 2.38. The standard InChI is InChI=1S/C29H61NO2SSi/c1-3-5-7-9-11-13-14-16-18-20-26-34(27-21-25-33)31-24-23-29(28-30-32-34)22-19-17-15-12-10-8-6-4-2/h29-30,33H,3-28H2,1-2H3. The fourth-order valence-electron chi connectivity index (χ4n) is 5.25. The van der Waals surface area contributed by atoms with E-state index >= 15 is 0 Å². The van der Waals surface area contributed by atoms with Crippen molar-refractivity contribution >= 4 is 21.2 Å². The Morgan fingerprint density at radius 3 is 1.74 bits per heavy atom. The third-order valence-electron chi connectivity index (χ3n) is 7.61. The van der Waals surface area contributed by atoms with E-state index in [0.29, 0.717) is 5.92 Å². The number of hydroxylamine groups is 1. The number of hydrogen-bond acceptors (Lipinski definition) is 4. The van der Waals surface area contributed by atoms with E-state index in [2.05, 4.69) is 32.0 Å². The topological polar surface area (TPSA) is 30.5 Å². The summed E-state index contributed by atoms with van der Waals surface area (Å²) in [5.41, 5.74) is 3.41. The van der Waals surface area contributed by atoms with Gasteiger partial charge in [0.05, 0.1) is 0 Å². The summed E-state index contributed by atoms with van der Waals surface area (Å²) in [7, 11) is -2.13. The van der Waals surface area contributed by atoms with E-state index in [1.54, 1.807) is 0 Å². The highest BCUT2D eigenvalue weighted by molar-refractivity contribution is 7.80. The Bertz CT molecular complexity index is 417. The molecule has 0 spiro atoms. The van der Waals surface area contributed by atoms with Crippen LogP contribution in [0.2, 0.25) is 12.1 Å². The van der Waals surface area contributed by atoms with Crippen molar-refractivity contribution in [3.63, 3.8) is 0 Å². The maximum absolute atomic E-state index is 6.59. The lowest BCUT2D eigenvalue weighted by molar-refractivity contribution is 0.0631. The number of nitrogens with one attached hydrogen (secondary N) is 1. The van der Waals surface area contributed by atoms with Crippen molar-refractivity contribution in [1.29, 1.82) is 0 Å². The fraction of sp³-hybridized carbons (Fsp3) is 1.00. The van der Waals surface area contributed by atoms with E-state index in [4.69, 9.17) is 8.95 Å². The van der Waals surface area contributed by atoms with Gasteiger partial charge in [0.15, 0.2) is 0 Å². The lowest BCUT2D eigenvalue weighted by Gasteiger charge is -2.34. The first kappa shape index (κ1) is 32.5. The Hall–Kier alpha value is 0.447. The first-order valence-corrected chi connectivity index (χ1v) is 18.3. The average Bonchev–Trinajstić information content (AvgIpc) is 2.83. The van der Waals surface area contributed by atoms with Gasteiger partial charge < -0.3 is 8.95 Å². The summed E-state index contributed by atoms with van der Waals surface area (Å²) < 4.78 is 13.0. The molecule has 0 aromatic carbocycles. The zero-order valence-electron chi connectivity index (χ0n) is 23.2. The van der Waals surface area contributed by atoms with Crippen molar-refractivity contribution in [2.24, 2.45) is 5.92 Å². The van der Waals surface area contributed by atoms with Crippen LogP contribution < -0.4 is 5.48 Å². The third kappa shape index (κ3) is 17.8. The molecule has 0 aliphatic carbocycles. The molecule has 0 aromatic rings. The average molecular weight is 516 g/mol. The zero-order valence-corrected chi connectivity index (χ0v) is 25.1. The minimum atomic E-state index is -2.13. The van der Waals surface area contributed by atoms with Gasteiger partial charge in [0.1, 0.15) is 0 Å². The van der Waals surface area contributed by atoms with Crippen LogP contribution in [0.4, 0.5) is 0 Å². The third-order valence-corrected chi connectivity index (χ3v) is 11.4. The highest BCUT2D eigenvalue weighted by Crippen LogP contribution is 2.27. The van der Waals surface area contributed by atoms with Gasteiger partial charge in [-0.15, -0.1) is 0 Å². The Balaban J connectivity index is 2.19. The van der Waals surface area contributed by atoms with Gasteiger partial charge in [0.25, 0.3) is 0 Å². The normalized spacial score (nSPS) is 21.4. The molecule has 1 aliphatic rings. The molecule has 2 atom stereocenters. The first-order chi connectivity index (χ1) is 16.8. The summed E-state index contributed by atoms with van der Waals surface area (Å²) in [5, 5.41) is 0. The van der Waals surface area contributed by atoms with E-state index in [1.165, 1.54) is 128 Å². The van der Waals surface area contributed by atoms with E-state index in [9.17, 15) is 0 Å². The lowest BCUT2D eigenvalue weighted by atomic mass is 9.97. The molecule has 1 aliphatic heterocycles. The summed E-state index contributed by atoms with van der Waals surface area (Å²) in [5.74, 6) is 1.63. The van der Waals surface area contributed by atoms with E-state index < -0.39 is 8.56 Å². The van der Waals surface area contributed by atoms with Crippen molar-refractivity contribution < 1.29 is 8.95 Å². The van der Waals surface area contributed by atoms with Crippen molar-refractivity contribution in [3.05, 3.63) is 0 Å². The Morgan fingerprint density at radius 1 is 0.676 bits per heavy atom. The Kier molecular flexibility index (Phi) is 22.8. The molecule has 204 valence electrons. The van der Waals surface area contributed by atoms with Crippen molar-refractivity contribution in [2.45, 2.75) is 161 Å². The van der Waals surface area contributed by atoms with Gasteiger partial charge in [-0.2, -0.15) is 12.6 Å². The van der Waals surface area contributed by atoms with Crippen LogP contribution in [0.25, 0.3) is 0 Å². The van der Waals surface area contributed by atoms with Crippen LogP contribution in [0.15, 0.2) is 0 Å². The minimum Gasteiger partial charge on any atom is -0.393 e. The Labute approximate surface area is 220 Å². The van der Waals surface area contributed by atoms with Crippen LogP contribution >= 0.6 is 12.6 Å². The first-order valence-electron chi connectivity index (χ1n) is 15.4. The van der Waals surface area contributed by atoms with Crippen LogP contribution in [-0.4, -0.2) is 27.5 Å². The molecule has 1 fully saturated rings. The molecule has 2 unspecified atom stereocenters. The summed E-state index contributed by atoms with van der Waals surface area (Å²) in [4.78, 5) is 0. The number of thiol groups is 1. The molecule has 0 amide bonds. The van der Waals surface area contributed by atoms with E-state index in [-0.39, 0.29) is 0 Å². The molecule has 5 heteroatoms. The molecule has 34 heavy (non-hydrogen) atoms. The summed E-state index contributed by atoms with van der Waals surface area (Å²) in [6.07, 6.45) is 28.6. The predicted octanol–water partition coefficient (Wildman–Crippen LogP) is 9.76. The highest BCUT2D eigenvalue weighted by atomic mass is 32.1. The van der Waals surface area contributed by atoms with Gasteiger partial charge in [-0.1, -0.05) is 129 Å². The number of rotatable bonds is 23. The number of hydrogen-bond donors (Lipinski definition) is 2. The van der Waals surface area contributed by atoms with Crippen molar-refractivity contribution in [3.8, 4) is 0 Å². The molecule has 0 saturated carbocycles. The lowest BCUT2D eigenvalue weighted by Crippen LogP contribution is -2.49. The molecule has 0 bridgehead atoms. The van der Waals surface area contributed by atoms with Gasteiger partial charge >= 0.3 is 8.56 Å². The van der Waals surface area contributed by atoms with Crippen LogP contribution in [0.1, 0.15) is 149 Å². The molecule has 1 rings (SSSR count). The molecular weight excluding hydrogens is 454 g/mol.